The number of benzene rings is 2. The Balaban J connectivity index is 1.56. The summed E-state index contributed by atoms with van der Waals surface area (Å²) in [5, 5.41) is 2.73. The van der Waals surface area contributed by atoms with Crippen molar-refractivity contribution in [2.24, 2.45) is 0 Å². The van der Waals surface area contributed by atoms with Crippen LogP contribution in [0.15, 0.2) is 42.2 Å². The first kappa shape index (κ1) is 16.2. The van der Waals surface area contributed by atoms with Gasteiger partial charge in [-0.25, -0.2) is 4.39 Å². The molecule has 0 spiro atoms. The molecule has 5 nitrogen and oxygen atoms in total. The molecule has 0 aromatic heterocycles. The van der Waals surface area contributed by atoms with Gasteiger partial charge in [-0.3, -0.25) is 4.79 Å². The number of halogens is 1. The zero-order chi connectivity index (χ0) is 18.8. The monoisotopic (exact) mass is 367 g/mol. The molecule has 5 rings (SSSR count). The molecule has 6 heteroatoms. The van der Waals surface area contributed by atoms with Gasteiger partial charge in [-0.05, 0) is 49.7 Å². The number of hydrogen-bond acceptors (Lipinski definition) is 4. The van der Waals surface area contributed by atoms with Gasteiger partial charge in [0.05, 0.1) is 11.3 Å². The molecule has 0 bridgehead atoms. The lowest BCUT2D eigenvalue weighted by atomic mass is 9.83. The topological polar surface area (TPSA) is 56.8 Å². The first-order valence-electron chi connectivity index (χ1n) is 8.85. The molecular formula is C21H18FNO4. The third-order valence-corrected chi connectivity index (χ3v) is 5.42. The van der Waals surface area contributed by atoms with Gasteiger partial charge in [0.15, 0.2) is 11.5 Å². The maximum atomic E-state index is 13.5. The van der Waals surface area contributed by atoms with Crippen LogP contribution in [0.1, 0.15) is 37.3 Å². The van der Waals surface area contributed by atoms with Gasteiger partial charge in [0.25, 0.3) is 5.91 Å². The Morgan fingerprint density at radius 2 is 1.93 bits per heavy atom. The molecule has 138 valence electrons. The second-order valence-electron chi connectivity index (χ2n) is 7.52. The fourth-order valence-corrected chi connectivity index (χ4v) is 4.09. The average molecular weight is 367 g/mol. The van der Waals surface area contributed by atoms with Crippen molar-refractivity contribution in [3.05, 3.63) is 59.1 Å². The van der Waals surface area contributed by atoms with Crippen molar-refractivity contribution in [3.63, 3.8) is 0 Å². The third-order valence-electron chi connectivity index (χ3n) is 5.42. The van der Waals surface area contributed by atoms with Gasteiger partial charge in [0, 0.05) is 17.9 Å². The van der Waals surface area contributed by atoms with Crippen LogP contribution in [-0.2, 0) is 9.53 Å². The minimum Gasteiger partial charge on any atom is -0.491 e. The number of nitrogens with one attached hydrogen (secondary N) is 1. The van der Waals surface area contributed by atoms with E-state index in [0.717, 1.165) is 17.1 Å². The summed E-state index contributed by atoms with van der Waals surface area (Å²) >= 11 is 0. The van der Waals surface area contributed by atoms with Gasteiger partial charge >= 0.3 is 0 Å². The summed E-state index contributed by atoms with van der Waals surface area (Å²) in [4.78, 5) is 12.5. The van der Waals surface area contributed by atoms with Gasteiger partial charge < -0.3 is 19.5 Å². The molecule has 0 aliphatic carbocycles. The van der Waals surface area contributed by atoms with Gasteiger partial charge in [0.1, 0.15) is 17.2 Å². The lowest BCUT2D eigenvalue weighted by Gasteiger charge is -2.26. The number of rotatable bonds is 1. The molecule has 0 radical (unpaired) electrons. The van der Waals surface area contributed by atoms with Gasteiger partial charge in [-0.15, -0.1) is 0 Å². The number of ether oxygens (including phenoxy) is 3. The highest BCUT2D eigenvalue weighted by molar-refractivity contribution is 6.32. The number of carbonyl (C=O) groups excluding carboxylic acids is 1. The molecule has 1 unspecified atom stereocenters. The molecule has 3 aliphatic heterocycles. The van der Waals surface area contributed by atoms with Crippen LogP contribution >= 0.6 is 0 Å². The number of amides is 1. The Hall–Kier alpha value is -3.02. The van der Waals surface area contributed by atoms with Crippen LogP contribution in [0.5, 0.6) is 11.5 Å². The first-order valence-corrected chi connectivity index (χ1v) is 8.85. The van der Waals surface area contributed by atoms with E-state index < -0.39 is 5.60 Å². The standard InChI is InChI=1S/C21H18FNO4/c1-21(2)14(11-3-6-16-17(7-11)26-10-25-16)9-18(27-21)19-13-5-4-12(22)8-15(13)23-20(19)24/h3-8,14H,9-10H2,1-2H3,(H,23,24)/b19-18+. The lowest BCUT2D eigenvalue weighted by Crippen LogP contribution is -2.25. The van der Waals surface area contributed by atoms with Crippen molar-refractivity contribution in [3.8, 4) is 11.5 Å². The normalized spacial score (nSPS) is 24.6. The highest BCUT2D eigenvalue weighted by atomic mass is 19.1. The fraction of sp³-hybridized carbons (Fsp3) is 0.286. The largest absolute Gasteiger partial charge is 0.491 e. The maximum absolute atomic E-state index is 13.5. The minimum atomic E-state index is -0.501. The summed E-state index contributed by atoms with van der Waals surface area (Å²) in [6.07, 6.45) is 0.576. The summed E-state index contributed by atoms with van der Waals surface area (Å²) in [6.45, 7) is 4.24. The summed E-state index contributed by atoms with van der Waals surface area (Å²) in [6, 6.07) is 10.2. The molecule has 1 amide bonds. The zero-order valence-corrected chi connectivity index (χ0v) is 15.0. The summed E-state index contributed by atoms with van der Waals surface area (Å²) in [5.41, 5.74) is 2.21. The molecule has 1 N–H and O–H groups in total. The van der Waals surface area contributed by atoms with E-state index in [1.807, 2.05) is 32.0 Å². The quantitative estimate of drug-likeness (QED) is 0.768. The number of allylic oxidation sites excluding steroid dienone is 1. The van der Waals surface area contributed by atoms with E-state index in [1.54, 1.807) is 6.07 Å². The third kappa shape index (κ3) is 2.47. The van der Waals surface area contributed by atoms with Crippen LogP contribution in [0.25, 0.3) is 5.57 Å². The van der Waals surface area contributed by atoms with E-state index in [0.29, 0.717) is 29.0 Å². The van der Waals surface area contributed by atoms with Gasteiger partial charge in [0.2, 0.25) is 6.79 Å². The summed E-state index contributed by atoms with van der Waals surface area (Å²) in [7, 11) is 0. The Morgan fingerprint density at radius 1 is 1.11 bits per heavy atom. The van der Waals surface area contributed by atoms with Crippen LogP contribution in [0, 0.1) is 5.82 Å². The Bertz CT molecular complexity index is 1010. The van der Waals surface area contributed by atoms with Crippen LogP contribution in [0.4, 0.5) is 10.1 Å². The maximum Gasteiger partial charge on any atom is 0.259 e. The molecule has 3 heterocycles. The molecule has 0 saturated carbocycles. The van der Waals surface area contributed by atoms with E-state index in [1.165, 1.54) is 12.1 Å². The molecule has 1 fully saturated rings. The minimum absolute atomic E-state index is 0.0480. The number of anilines is 1. The van der Waals surface area contributed by atoms with E-state index in [4.69, 9.17) is 14.2 Å². The zero-order valence-electron chi connectivity index (χ0n) is 15.0. The SMILES string of the molecule is CC1(C)O/C(=C2/C(=O)Nc3cc(F)ccc32)CC1c1ccc2c(c1)OCO2. The van der Waals surface area contributed by atoms with Crippen LogP contribution in [0.3, 0.4) is 0 Å². The van der Waals surface area contributed by atoms with Gasteiger partial charge in [-0.2, -0.15) is 0 Å². The van der Waals surface area contributed by atoms with Gasteiger partial charge in [-0.1, -0.05) is 6.07 Å². The summed E-state index contributed by atoms with van der Waals surface area (Å²) in [5.74, 6) is 1.50. The van der Waals surface area contributed by atoms with Crippen LogP contribution in [0.2, 0.25) is 0 Å². The number of hydrogen-bond donors (Lipinski definition) is 1. The predicted molar refractivity (Wildman–Crippen MR) is 97.0 cm³/mol. The molecular weight excluding hydrogens is 349 g/mol. The van der Waals surface area contributed by atoms with Crippen LogP contribution < -0.4 is 14.8 Å². The van der Waals surface area contributed by atoms with E-state index in [9.17, 15) is 9.18 Å². The van der Waals surface area contributed by atoms with E-state index in [2.05, 4.69) is 5.32 Å². The number of carbonyl (C=O) groups is 1. The van der Waals surface area contributed by atoms with E-state index >= 15 is 0 Å². The second-order valence-corrected chi connectivity index (χ2v) is 7.52. The van der Waals surface area contributed by atoms with Crippen molar-refractivity contribution < 1.29 is 23.4 Å². The lowest BCUT2D eigenvalue weighted by molar-refractivity contribution is -0.111. The first-order chi connectivity index (χ1) is 12.9. The second kappa shape index (κ2) is 5.49. The Kier molecular flexibility index (Phi) is 3.29. The van der Waals surface area contributed by atoms with Crippen molar-refractivity contribution in [1.82, 2.24) is 0 Å². The fourth-order valence-electron chi connectivity index (χ4n) is 4.09. The van der Waals surface area contributed by atoms with Crippen LogP contribution in [-0.4, -0.2) is 18.3 Å². The average Bonchev–Trinajstić information content (AvgIpc) is 3.28. The molecule has 2 aromatic carbocycles. The Labute approximate surface area is 155 Å². The number of fused-ring (bicyclic) bond motifs is 2. The smallest absolute Gasteiger partial charge is 0.259 e. The highest BCUT2D eigenvalue weighted by Gasteiger charge is 2.44. The van der Waals surface area contributed by atoms with Crippen molar-refractivity contribution in [1.29, 1.82) is 0 Å². The molecule has 1 atom stereocenters. The molecule has 2 aromatic rings. The molecule has 27 heavy (non-hydrogen) atoms. The predicted octanol–water partition coefficient (Wildman–Crippen LogP) is 4.20. The highest BCUT2D eigenvalue weighted by Crippen LogP contribution is 2.50. The van der Waals surface area contributed by atoms with E-state index in [-0.39, 0.29) is 24.4 Å². The van der Waals surface area contributed by atoms with Crippen molar-refractivity contribution in [2.45, 2.75) is 31.8 Å². The molecule has 3 aliphatic rings. The Morgan fingerprint density at radius 3 is 2.78 bits per heavy atom. The summed E-state index contributed by atoms with van der Waals surface area (Å²) < 4.78 is 30.6. The molecule has 1 saturated heterocycles. The van der Waals surface area contributed by atoms with Crippen molar-refractivity contribution >= 4 is 17.2 Å². The van der Waals surface area contributed by atoms with Crippen molar-refractivity contribution in [2.75, 3.05) is 12.1 Å².